The summed E-state index contributed by atoms with van der Waals surface area (Å²) < 4.78 is 0. The van der Waals surface area contributed by atoms with Crippen molar-refractivity contribution in [3.63, 3.8) is 0 Å². The number of nitrogens with zero attached hydrogens (tertiary/aromatic N) is 1. The number of carbonyl (C=O) groups excluding carboxylic acids is 2. The molecule has 1 saturated heterocycles. The summed E-state index contributed by atoms with van der Waals surface area (Å²) in [4.78, 5) is 36.0. The summed E-state index contributed by atoms with van der Waals surface area (Å²) in [5, 5.41) is 14.3. The summed E-state index contributed by atoms with van der Waals surface area (Å²) in [6, 6.07) is -2.04. The largest absolute Gasteiger partial charge is 0.480 e. The lowest BCUT2D eigenvalue weighted by Crippen LogP contribution is -2.53. The van der Waals surface area contributed by atoms with E-state index in [1.165, 1.54) is 16.7 Å². The lowest BCUT2D eigenvalue weighted by molar-refractivity contribution is -0.140. The number of carbonyl (C=O) groups is 3. The van der Waals surface area contributed by atoms with E-state index in [9.17, 15) is 14.4 Å². The van der Waals surface area contributed by atoms with Gasteiger partial charge in [-0.05, 0) is 12.8 Å². The smallest absolute Gasteiger partial charge is 0.327 e. The highest BCUT2D eigenvalue weighted by atomic mass is 32.2. The van der Waals surface area contributed by atoms with Crippen LogP contribution >= 0.6 is 11.8 Å². The van der Waals surface area contributed by atoms with E-state index in [0.717, 1.165) is 0 Å². The summed E-state index contributed by atoms with van der Waals surface area (Å²) in [6.07, 6.45) is 0. The second-order valence-electron chi connectivity index (χ2n) is 5.13. The first-order valence-corrected chi connectivity index (χ1v) is 7.63. The Hall–Kier alpha value is -1.44. The minimum absolute atomic E-state index is 0.272. The van der Waals surface area contributed by atoms with E-state index in [4.69, 9.17) is 5.11 Å². The zero-order chi connectivity index (χ0) is 15.3. The molecule has 0 spiro atoms. The zero-order valence-corrected chi connectivity index (χ0v) is 12.7. The molecule has 20 heavy (non-hydrogen) atoms. The van der Waals surface area contributed by atoms with Gasteiger partial charge < -0.3 is 20.6 Å². The van der Waals surface area contributed by atoms with Crippen LogP contribution in [0.1, 0.15) is 20.8 Å². The van der Waals surface area contributed by atoms with Crippen molar-refractivity contribution in [2.24, 2.45) is 5.92 Å². The highest BCUT2D eigenvalue weighted by molar-refractivity contribution is 7.99. The quantitative estimate of drug-likeness (QED) is 0.679. The van der Waals surface area contributed by atoms with Gasteiger partial charge in [-0.2, -0.15) is 0 Å². The van der Waals surface area contributed by atoms with E-state index < -0.39 is 24.1 Å². The van der Waals surface area contributed by atoms with Crippen LogP contribution in [0.2, 0.25) is 0 Å². The fourth-order valence-corrected chi connectivity index (χ4v) is 2.78. The third-order valence-corrected chi connectivity index (χ3v) is 3.86. The molecule has 1 aliphatic heterocycles. The van der Waals surface area contributed by atoms with Gasteiger partial charge in [0.05, 0.1) is 5.88 Å². The van der Waals surface area contributed by atoms with E-state index in [-0.39, 0.29) is 5.91 Å². The molecule has 114 valence electrons. The predicted octanol–water partition coefficient (Wildman–Crippen LogP) is 0.316. The maximum Gasteiger partial charge on any atom is 0.327 e. The van der Waals surface area contributed by atoms with Crippen LogP contribution in [0.5, 0.6) is 0 Å². The van der Waals surface area contributed by atoms with E-state index in [1.807, 2.05) is 13.8 Å². The second kappa shape index (κ2) is 7.37. The van der Waals surface area contributed by atoms with Crippen molar-refractivity contribution in [1.82, 2.24) is 15.5 Å². The molecule has 3 amide bonds. The highest BCUT2D eigenvalue weighted by Gasteiger charge is 2.35. The molecule has 0 aromatic rings. The Morgan fingerprint density at radius 1 is 1.35 bits per heavy atom. The second-order valence-corrected chi connectivity index (χ2v) is 6.13. The first-order chi connectivity index (χ1) is 9.32. The number of thioether (sulfide) groups is 1. The number of aliphatic carboxylic acids is 1. The molecule has 0 saturated carbocycles. The van der Waals surface area contributed by atoms with E-state index in [1.54, 1.807) is 6.92 Å². The van der Waals surface area contributed by atoms with E-state index >= 15 is 0 Å². The summed E-state index contributed by atoms with van der Waals surface area (Å²) in [5.74, 6) is -0.277. The Balaban J connectivity index is 2.48. The number of hydrogen-bond donors (Lipinski definition) is 3. The number of urea groups is 1. The topological polar surface area (TPSA) is 98.7 Å². The maximum atomic E-state index is 12.0. The number of carboxylic acid groups (broad SMARTS) is 1. The van der Waals surface area contributed by atoms with Crippen molar-refractivity contribution in [1.29, 1.82) is 0 Å². The first kappa shape index (κ1) is 16.6. The van der Waals surface area contributed by atoms with Crippen LogP contribution in [0.3, 0.4) is 0 Å². The number of carboxylic acids is 1. The minimum atomic E-state index is -1.03. The van der Waals surface area contributed by atoms with Crippen molar-refractivity contribution >= 4 is 29.7 Å². The summed E-state index contributed by atoms with van der Waals surface area (Å²) in [5.41, 5.74) is 0. The highest BCUT2D eigenvalue weighted by Crippen LogP contribution is 2.20. The van der Waals surface area contributed by atoms with Crippen molar-refractivity contribution in [3.05, 3.63) is 0 Å². The SMILES string of the molecule is CC(C)CNC(=O)C(C)NC(=O)N1CSCC1C(=O)O. The Morgan fingerprint density at radius 2 is 2.00 bits per heavy atom. The summed E-state index contributed by atoms with van der Waals surface area (Å²) in [6.45, 7) is 6.06. The molecule has 1 heterocycles. The Kier molecular flexibility index (Phi) is 6.12. The van der Waals surface area contributed by atoms with Gasteiger partial charge in [-0.25, -0.2) is 9.59 Å². The third-order valence-electron chi connectivity index (χ3n) is 2.85. The Morgan fingerprint density at radius 3 is 2.55 bits per heavy atom. The molecule has 2 atom stereocenters. The van der Waals surface area contributed by atoms with Gasteiger partial charge >= 0.3 is 12.0 Å². The number of hydrogen-bond acceptors (Lipinski definition) is 4. The van der Waals surface area contributed by atoms with Gasteiger partial charge in [0.1, 0.15) is 12.1 Å². The predicted molar refractivity (Wildman–Crippen MR) is 76.4 cm³/mol. The number of amides is 3. The van der Waals surface area contributed by atoms with Gasteiger partial charge in [-0.15, -0.1) is 11.8 Å². The van der Waals surface area contributed by atoms with Crippen LogP contribution < -0.4 is 10.6 Å². The van der Waals surface area contributed by atoms with Gasteiger partial charge in [-0.1, -0.05) is 13.8 Å². The van der Waals surface area contributed by atoms with Crippen LogP contribution in [-0.4, -0.2) is 58.2 Å². The molecule has 0 aliphatic carbocycles. The van der Waals surface area contributed by atoms with Crippen molar-refractivity contribution in [2.45, 2.75) is 32.9 Å². The summed E-state index contributed by atoms with van der Waals surface area (Å²) >= 11 is 1.38. The van der Waals surface area contributed by atoms with Crippen LogP contribution in [0.4, 0.5) is 4.79 Å². The molecule has 1 rings (SSSR count). The van der Waals surface area contributed by atoms with Gasteiger partial charge in [0.25, 0.3) is 0 Å². The summed E-state index contributed by atoms with van der Waals surface area (Å²) in [7, 11) is 0. The monoisotopic (exact) mass is 303 g/mol. The third kappa shape index (κ3) is 4.59. The van der Waals surface area contributed by atoms with Crippen LogP contribution in [-0.2, 0) is 9.59 Å². The molecule has 8 heteroatoms. The van der Waals surface area contributed by atoms with Gasteiger partial charge in [0, 0.05) is 12.3 Å². The normalized spacial score (nSPS) is 19.8. The molecule has 0 aromatic carbocycles. The van der Waals surface area contributed by atoms with Gasteiger partial charge in [0.2, 0.25) is 5.91 Å². The Bertz CT molecular complexity index is 389. The zero-order valence-electron chi connectivity index (χ0n) is 11.9. The fraction of sp³-hybridized carbons (Fsp3) is 0.750. The molecule has 0 aromatic heterocycles. The van der Waals surface area contributed by atoms with Crippen molar-refractivity contribution in [3.8, 4) is 0 Å². The standard InChI is InChI=1S/C12H21N3O4S/c1-7(2)4-13-10(16)8(3)14-12(19)15-6-20-5-9(15)11(17)18/h7-9H,4-6H2,1-3H3,(H,13,16)(H,14,19)(H,17,18). The molecule has 0 bridgehead atoms. The molecular formula is C12H21N3O4S. The van der Waals surface area contributed by atoms with Crippen LogP contribution in [0.15, 0.2) is 0 Å². The molecule has 0 radical (unpaired) electrons. The van der Waals surface area contributed by atoms with E-state index in [2.05, 4.69) is 10.6 Å². The lowest BCUT2D eigenvalue weighted by Gasteiger charge is -2.23. The molecule has 1 fully saturated rings. The number of rotatable bonds is 5. The Labute approximate surface area is 122 Å². The van der Waals surface area contributed by atoms with Crippen molar-refractivity contribution < 1.29 is 19.5 Å². The minimum Gasteiger partial charge on any atom is -0.480 e. The molecular weight excluding hydrogens is 282 g/mol. The molecule has 3 N–H and O–H groups in total. The van der Waals surface area contributed by atoms with Gasteiger partial charge in [-0.3, -0.25) is 4.79 Å². The van der Waals surface area contributed by atoms with Crippen LogP contribution in [0, 0.1) is 5.92 Å². The fourth-order valence-electron chi connectivity index (χ4n) is 1.64. The first-order valence-electron chi connectivity index (χ1n) is 6.48. The van der Waals surface area contributed by atoms with Gasteiger partial charge in [0.15, 0.2) is 0 Å². The number of nitrogens with one attached hydrogen (secondary N) is 2. The van der Waals surface area contributed by atoms with Crippen molar-refractivity contribution in [2.75, 3.05) is 18.2 Å². The molecule has 1 aliphatic rings. The maximum absolute atomic E-state index is 12.0. The average Bonchev–Trinajstić information content (AvgIpc) is 2.84. The molecule has 2 unspecified atom stereocenters. The van der Waals surface area contributed by atoms with E-state index in [0.29, 0.717) is 24.1 Å². The average molecular weight is 303 g/mol. The lowest BCUT2D eigenvalue weighted by atomic mass is 10.2. The molecule has 7 nitrogen and oxygen atoms in total. The van der Waals surface area contributed by atoms with Crippen LogP contribution in [0.25, 0.3) is 0 Å².